The fourth-order valence-electron chi connectivity index (χ4n) is 5.56. The molecule has 4 N–H and O–H groups in total. The van der Waals surface area contributed by atoms with Gasteiger partial charge >= 0.3 is 0 Å². The number of hydrogen-bond acceptors (Lipinski definition) is 11. The van der Waals surface area contributed by atoms with Crippen molar-refractivity contribution >= 4 is 27.5 Å². The Hall–Kier alpha value is -3.77. The smallest absolute Gasteiger partial charge is 0.170 e. The lowest BCUT2D eigenvalue weighted by molar-refractivity contribution is -0.253. The van der Waals surface area contributed by atoms with E-state index in [0.29, 0.717) is 48.6 Å². The molecule has 1 aromatic carbocycles. The van der Waals surface area contributed by atoms with Gasteiger partial charge in [0, 0.05) is 80.5 Å². The molecule has 0 saturated carbocycles. The Balaban J connectivity index is 1.29. The number of nitrogens with zero attached hydrogens (tertiary/aromatic N) is 4. The van der Waals surface area contributed by atoms with Gasteiger partial charge in [-0.1, -0.05) is 0 Å². The van der Waals surface area contributed by atoms with Gasteiger partial charge in [-0.15, -0.1) is 0 Å². The first-order valence-corrected chi connectivity index (χ1v) is 14.3. The molecular formula is C31H40N6O5. The van der Waals surface area contributed by atoms with Crippen LogP contribution in [0.25, 0.3) is 32.9 Å². The molecule has 4 heterocycles. The largest absolute Gasteiger partial charge is 0.493 e. The predicted octanol–water partition coefficient (Wildman–Crippen LogP) is 4.02. The van der Waals surface area contributed by atoms with Crippen molar-refractivity contribution in [2.75, 3.05) is 59.4 Å². The molecule has 0 radical (unpaired) electrons. The molecule has 3 aromatic heterocycles. The van der Waals surface area contributed by atoms with E-state index in [2.05, 4.69) is 19.9 Å². The Labute approximate surface area is 246 Å². The zero-order valence-corrected chi connectivity index (χ0v) is 24.8. The average Bonchev–Trinajstić information content (AvgIpc) is 3.00. The van der Waals surface area contributed by atoms with Crippen LogP contribution in [0.15, 0.2) is 42.9 Å². The van der Waals surface area contributed by atoms with Crippen LogP contribution >= 0.6 is 0 Å². The van der Waals surface area contributed by atoms with Crippen LogP contribution in [0.5, 0.6) is 17.2 Å². The average molecular weight is 577 g/mol. The highest BCUT2D eigenvalue weighted by atomic mass is 16.7. The van der Waals surface area contributed by atoms with Crippen molar-refractivity contribution in [3.63, 3.8) is 0 Å². The van der Waals surface area contributed by atoms with Crippen LogP contribution < -0.4 is 25.7 Å². The summed E-state index contributed by atoms with van der Waals surface area (Å²) in [4.78, 5) is 15.9. The molecule has 1 aliphatic rings. The standard InChI is InChI=1S/C31H40N6O5/c1-5-41-31(42-6-2)7-9-37(10-8-31)18-21(32)19-40-22-11-20(15-34-16-22)26-12-23-24-13-28(38-3)29(39-4)14-27(24)35-17-25(23)30(33)36-26/h11-17,21H,5-10,18-19,32H2,1-4H3,(H2,33,36)/t21-/m0/s1. The fraction of sp³-hybridized carbons (Fsp3) is 0.452. The number of likely N-dealkylation sites (tertiary alicyclic amines) is 1. The number of benzene rings is 1. The monoisotopic (exact) mass is 576 g/mol. The third-order valence-electron chi connectivity index (χ3n) is 7.61. The highest BCUT2D eigenvalue weighted by Crippen LogP contribution is 2.37. The van der Waals surface area contributed by atoms with Crippen LogP contribution in [-0.4, -0.2) is 85.4 Å². The number of aromatic nitrogens is 3. The lowest BCUT2D eigenvalue weighted by Crippen LogP contribution is -2.51. The van der Waals surface area contributed by atoms with Crippen molar-refractivity contribution in [2.24, 2.45) is 5.73 Å². The van der Waals surface area contributed by atoms with Crippen LogP contribution in [-0.2, 0) is 9.47 Å². The summed E-state index contributed by atoms with van der Waals surface area (Å²) in [5, 5.41) is 2.53. The van der Waals surface area contributed by atoms with Crippen molar-refractivity contribution in [2.45, 2.75) is 38.5 Å². The highest BCUT2D eigenvalue weighted by Gasteiger charge is 2.36. The second-order valence-corrected chi connectivity index (χ2v) is 10.4. The van der Waals surface area contributed by atoms with Crippen LogP contribution in [0.1, 0.15) is 26.7 Å². The Morgan fingerprint density at radius 3 is 2.31 bits per heavy atom. The summed E-state index contributed by atoms with van der Waals surface area (Å²) in [7, 11) is 3.21. The van der Waals surface area contributed by atoms with Gasteiger partial charge in [-0.3, -0.25) is 9.97 Å². The summed E-state index contributed by atoms with van der Waals surface area (Å²) in [6.45, 7) is 8.09. The maximum Gasteiger partial charge on any atom is 0.170 e. The molecule has 1 atom stereocenters. The first-order chi connectivity index (χ1) is 20.4. The summed E-state index contributed by atoms with van der Waals surface area (Å²) in [5.74, 6) is 1.72. The zero-order chi connectivity index (χ0) is 29.7. The molecule has 0 aliphatic carbocycles. The molecule has 0 spiro atoms. The number of rotatable bonds is 12. The summed E-state index contributed by atoms with van der Waals surface area (Å²) in [6.07, 6.45) is 6.79. The summed E-state index contributed by atoms with van der Waals surface area (Å²) >= 11 is 0. The molecule has 1 aliphatic heterocycles. The molecule has 42 heavy (non-hydrogen) atoms. The predicted molar refractivity (Wildman–Crippen MR) is 163 cm³/mol. The van der Waals surface area contributed by atoms with E-state index in [1.54, 1.807) is 32.8 Å². The summed E-state index contributed by atoms with van der Waals surface area (Å²) < 4.78 is 28.9. The molecule has 11 heteroatoms. The fourth-order valence-corrected chi connectivity index (χ4v) is 5.56. The van der Waals surface area contributed by atoms with E-state index in [9.17, 15) is 0 Å². The molecule has 0 amide bonds. The zero-order valence-electron chi connectivity index (χ0n) is 24.8. The van der Waals surface area contributed by atoms with E-state index in [1.807, 2.05) is 38.1 Å². The molecule has 0 unspecified atom stereocenters. The second-order valence-electron chi connectivity index (χ2n) is 10.4. The van der Waals surface area contributed by atoms with Crippen molar-refractivity contribution in [3.05, 3.63) is 42.9 Å². The minimum atomic E-state index is -0.478. The van der Waals surface area contributed by atoms with Crippen molar-refractivity contribution < 1.29 is 23.7 Å². The maximum absolute atomic E-state index is 6.46. The third-order valence-corrected chi connectivity index (χ3v) is 7.61. The highest BCUT2D eigenvalue weighted by molar-refractivity contribution is 6.10. The normalized spacial score (nSPS) is 16.0. The SMILES string of the molecule is CCOC1(OCC)CCN(C[C@H](N)COc2cncc(-c3cc4c(cnc5cc(OC)c(OC)cc54)c(N)n3)c2)CC1. The number of nitrogens with two attached hydrogens (primary N) is 2. The van der Waals surface area contributed by atoms with Crippen LogP contribution in [0.3, 0.4) is 0 Å². The number of methoxy groups -OCH3 is 2. The minimum absolute atomic E-state index is 0.166. The van der Waals surface area contributed by atoms with E-state index < -0.39 is 5.79 Å². The molecule has 5 rings (SSSR count). The van der Waals surface area contributed by atoms with E-state index in [-0.39, 0.29) is 6.04 Å². The Morgan fingerprint density at radius 2 is 1.62 bits per heavy atom. The van der Waals surface area contributed by atoms with Gasteiger partial charge in [0.15, 0.2) is 17.3 Å². The molecule has 11 nitrogen and oxygen atoms in total. The van der Waals surface area contributed by atoms with Gasteiger partial charge in [0.1, 0.15) is 18.2 Å². The van der Waals surface area contributed by atoms with Gasteiger partial charge in [-0.05, 0) is 37.4 Å². The Kier molecular flexibility index (Phi) is 9.22. The summed E-state index contributed by atoms with van der Waals surface area (Å²) in [5.41, 5.74) is 15.1. The van der Waals surface area contributed by atoms with E-state index in [4.69, 9.17) is 35.2 Å². The number of nitrogen functional groups attached to an aromatic ring is 1. The third kappa shape index (κ3) is 6.34. The first-order valence-electron chi connectivity index (χ1n) is 14.3. The quantitative estimate of drug-likeness (QED) is 0.187. The van der Waals surface area contributed by atoms with Gasteiger partial charge in [0.25, 0.3) is 0 Å². The van der Waals surface area contributed by atoms with E-state index in [1.165, 1.54) is 0 Å². The molecule has 4 aromatic rings. The molecule has 224 valence electrons. The summed E-state index contributed by atoms with van der Waals surface area (Å²) in [6, 6.07) is 7.47. The number of anilines is 1. The van der Waals surface area contributed by atoms with Crippen LogP contribution in [0.2, 0.25) is 0 Å². The molecule has 1 fully saturated rings. The number of pyridine rings is 3. The van der Waals surface area contributed by atoms with E-state index >= 15 is 0 Å². The molecular weight excluding hydrogens is 536 g/mol. The second kappa shape index (κ2) is 13.0. The minimum Gasteiger partial charge on any atom is -0.493 e. The van der Waals surface area contributed by atoms with Gasteiger partial charge in [0.2, 0.25) is 0 Å². The van der Waals surface area contributed by atoms with Gasteiger partial charge in [-0.2, -0.15) is 0 Å². The van der Waals surface area contributed by atoms with Crippen molar-refractivity contribution in [3.8, 4) is 28.5 Å². The molecule has 0 bridgehead atoms. The number of fused-ring (bicyclic) bond motifs is 3. The molecule has 1 saturated heterocycles. The number of hydrogen-bond donors (Lipinski definition) is 2. The maximum atomic E-state index is 6.46. The Morgan fingerprint density at radius 1 is 0.905 bits per heavy atom. The lowest BCUT2D eigenvalue weighted by atomic mass is 10.0. The van der Waals surface area contributed by atoms with Crippen LogP contribution in [0.4, 0.5) is 5.82 Å². The number of piperidine rings is 1. The van der Waals surface area contributed by atoms with Gasteiger partial charge in [-0.25, -0.2) is 4.98 Å². The van der Waals surface area contributed by atoms with Crippen molar-refractivity contribution in [1.82, 2.24) is 19.9 Å². The first kappa shape index (κ1) is 29.7. The van der Waals surface area contributed by atoms with Gasteiger partial charge < -0.3 is 40.1 Å². The van der Waals surface area contributed by atoms with E-state index in [0.717, 1.165) is 59.7 Å². The topological polar surface area (TPSA) is 140 Å². The van der Waals surface area contributed by atoms with Crippen LogP contribution in [0, 0.1) is 0 Å². The Bertz CT molecular complexity index is 1520. The van der Waals surface area contributed by atoms with Crippen molar-refractivity contribution in [1.29, 1.82) is 0 Å². The van der Waals surface area contributed by atoms with Gasteiger partial charge in [0.05, 0.1) is 37.7 Å². The number of ether oxygens (including phenoxy) is 5. The lowest BCUT2D eigenvalue weighted by Gasteiger charge is -2.41.